The summed E-state index contributed by atoms with van der Waals surface area (Å²) in [6.45, 7) is 6.92. The van der Waals surface area contributed by atoms with Gasteiger partial charge in [0.15, 0.2) is 0 Å². The number of likely N-dealkylation sites (tertiary alicyclic amines) is 1. The smallest absolute Gasteiger partial charge is 0.369 e. The number of pyridine rings is 1. The zero-order valence-corrected chi connectivity index (χ0v) is 22.4. The lowest BCUT2D eigenvalue weighted by atomic mass is 10.0. The molecule has 5 rings (SSSR count). The van der Waals surface area contributed by atoms with Crippen molar-refractivity contribution in [2.24, 2.45) is 0 Å². The van der Waals surface area contributed by atoms with Crippen LogP contribution in [0.3, 0.4) is 0 Å². The summed E-state index contributed by atoms with van der Waals surface area (Å²) in [5.41, 5.74) is 2.66. The number of rotatable bonds is 8. The average molecular weight is 534 g/mol. The molecule has 1 unspecified atom stereocenters. The third-order valence-electron chi connectivity index (χ3n) is 7.56. The summed E-state index contributed by atoms with van der Waals surface area (Å²) < 4.78 is 41.3. The molecule has 1 saturated heterocycles. The van der Waals surface area contributed by atoms with E-state index in [1.165, 1.54) is 29.8 Å². The Hall–Kier alpha value is -3.52. The van der Waals surface area contributed by atoms with E-state index in [2.05, 4.69) is 41.2 Å². The first-order valence-electron chi connectivity index (χ1n) is 13.7. The van der Waals surface area contributed by atoms with Crippen LogP contribution < -0.4 is 5.32 Å². The molecule has 0 aliphatic carbocycles. The van der Waals surface area contributed by atoms with Gasteiger partial charge in [0.1, 0.15) is 11.6 Å². The number of alkyl halides is 3. The van der Waals surface area contributed by atoms with Gasteiger partial charge in [-0.3, -0.25) is 9.88 Å². The van der Waals surface area contributed by atoms with Crippen molar-refractivity contribution in [2.45, 2.75) is 58.2 Å². The molecule has 0 amide bonds. The Morgan fingerprint density at radius 3 is 2.51 bits per heavy atom. The van der Waals surface area contributed by atoms with Crippen molar-refractivity contribution in [3.63, 3.8) is 0 Å². The highest BCUT2D eigenvalue weighted by atomic mass is 19.4. The highest BCUT2D eigenvalue weighted by Gasteiger charge is 2.34. The predicted octanol–water partition coefficient (Wildman–Crippen LogP) is 7.61. The van der Waals surface area contributed by atoms with Gasteiger partial charge in [-0.1, -0.05) is 43.7 Å². The quantitative estimate of drug-likeness (QED) is 0.253. The Bertz CT molecular complexity index is 1430. The monoisotopic (exact) mass is 533 g/mol. The molecule has 0 saturated carbocycles. The maximum atomic E-state index is 13.8. The van der Waals surface area contributed by atoms with E-state index in [0.717, 1.165) is 50.2 Å². The molecule has 0 spiro atoms. The molecule has 4 aromatic rings. The molecule has 5 nitrogen and oxygen atoms in total. The van der Waals surface area contributed by atoms with Crippen LogP contribution >= 0.6 is 0 Å². The number of halogens is 3. The summed E-state index contributed by atoms with van der Waals surface area (Å²) in [5.74, 6) is 1.42. The third kappa shape index (κ3) is 6.06. The number of aryl methyl sites for hydroxylation is 1. The highest BCUT2D eigenvalue weighted by molar-refractivity contribution is 5.92. The normalized spacial score (nSPS) is 15.4. The largest absolute Gasteiger partial charge is 0.418 e. The molecule has 1 aliphatic heterocycles. The topological polar surface area (TPSA) is 53.9 Å². The van der Waals surface area contributed by atoms with Gasteiger partial charge in [0.2, 0.25) is 0 Å². The Labute approximate surface area is 227 Å². The van der Waals surface area contributed by atoms with Crippen molar-refractivity contribution < 1.29 is 13.2 Å². The Morgan fingerprint density at radius 1 is 0.974 bits per heavy atom. The maximum absolute atomic E-state index is 13.8. The summed E-state index contributed by atoms with van der Waals surface area (Å²) in [5, 5.41) is 4.30. The number of anilines is 1. The number of benzene rings is 2. The summed E-state index contributed by atoms with van der Waals surface area (Å²) in [6.07, 6.45) is 2.10. The second-order valence-corrected chi connectivity index (χ2v) is 10.2. The van der Waals surface area contributed by atoms with Crippen LogP contribution in [0, 0.1) is 6.92 Å². The molecule has 39 heavy (non-hydrogen) atoms. The number of hydrogen-bond acceptors (Lipinski definition) is 5. The predicted molar refractivity (Wildman–Crippen MR) is 150 cm³/mol. The molecule has 204 valence electrons. The van der Waals surface area contributed by atoms with Crippen LogP contribution in [0.15, 0.2) is 60.8 Å². The van der Waals surface area contributed by atoms with Gasteiger partial charge in [0.05, 0.1) is 22.8 Å². The first-order chi connectivity index (χ1) is 18.8. The number of fused-ring (bicyclic) bond motifs is 1. The van der Waals surface area contributed by atoms with E-state index in [1.807, 2.05) is 12.1 Å². The lowest BCUT2D eigenvalue weighted by Crippen LogP contribution is -2.34. The molecule has 1 N–H and O–H groups in total. The van der Waals surface area contributed by atoms with Crippen LogP contribution in [0.1, 0.15) is 61.2 Å². The Balaban J connectivity index is 1.55. The van der Waals surface area contributed by atoms with E-state index < -0.39 is 11.7 Å². The van der Waals surface area contributed by atoms with E-state index in [1.54, 1.807) is 18.2 Å². The van der Waals surface area contributed by atoms with Gasteiger partial charge in [-0.25, -0.2) is 9.97 Å². The number of aromatic nitrogens is 3. The van der Waals surface area contributed by atoms with Crippen LogP contribution in [0.5, 0.6) is 0 Å². The van der Waals surface area contributed by atoms with Crippen LogP contribution in [-0.4, -0.2) is 39.5 Å². The lowest BCUT2D eigenvalue weighted by Gasteiger charge is -2.33. The minimum absolute atomic E-state index is 0.0517. The van der Waals surface area contributed by atoms with Crippen molar-refractivity contribution in [3.05, 3.63) is 83.3 Å². The van der Waals surface area contributed by atoms with Gasteiger partial charge in [0.25, 0.3) is 0 Å². The molecule has 3 heterocycles. The van der Waals surface area contributed by atoms with E-state index in [-0.39, 0.29) is 11.7 Å². The molecular weight excluding hydrogens is 499 g/mol. The molecule has 2 aromatic carbocycles. The van der Waals surface area contributed by atoms with Gasteiger partial charge in [-0.05, 0) is 81.1 Å². The van der Waals surface area contributed by atoms with Crippen molar-refractivity contribution in [1.29, 1.82) is 0 Å². The fourth-order valence-corrected chi connectivity index (χ4v) is 5.48. The third-order valence-corrected chi connectivity index (χ3v) is 7.56. The van der Waals surface area contributed by atoms with Gasteiger partial charge >= 0.3 is 6.18 Å². The number of hydrogen-bond donors (Lipinski definition) is 1. The van der Waals surface area contributed by atoms with Gasteiger partial charge in [-0.15, -0.1) is 0 Å². The van der Waals surface area contributed by atoms with E-state index >= 15 is 0 Å². The van der Waals surface area contributed by atoms with Crippen LogP contribution in [0.25, 0.3) is 22.2 Å². The van der Waals surface area contributed by atoms with Crippen molar-refractivity contribution in [2.75, 3.05) is 25.0 Å². The van der Waals surface area contributed by atoms with E-state index in [9.17, 15) is 13.2 Å². The van der Waals surface area contributed by atoms with Crippen LogP contribution in [0.4, 0.5) is 19.0 Å². The minimum Gasteiger partial charge on any atom is -0.369 e. The maximum Gasteiger partial charge on any atom is 0.418 e. The number of nitrogens with one attached hydrogen (secondary N) is 1. The minimum atomic E-state index is -4.50. The zero-order chi connectivity index (χ0) is 27.4. The standard InChI is InChI=1S/C31H34F3N5/c1-3-27(39-18-7-4-8-19-39)30-37-26-20-23(28-25(31(32,33)34)12-9-16-35-28)13-14-24(26)29(38-30)36-17-15-22-11-6-5-10-21(22)2/h5-6,9-14,16,20,27H,3-4,7-8,15,17-19H2,1-2H3,(H,36,37,38). The summed E-state index contributed by atoms with van der Waals surface area (Å²) >= 11 is 0. The lowest BCUT2D eigenvalue weighted by molar-refractivity contribution is -0.137. The molecule has 1 fully saturated rings. The first kappa shape index (κ1) is 27.1. The average Bonchev–Trinajstić information content (AvgIpc) is 2.94. The van der Waals surface area contributed by atoms with Crippen LogP contribution in [-0.2, 0) is 12.6 Å². The Morgan fingerprint density at radius 2 is 1.77 bits per heavy atom. The van der Waals surface area contributed by atoms with Crippen molar-refractivity contribution >= 4 is 16.7 Å². The molecule has 1 aliphatic rings. The molecular formula is C31H34F3N5. The van der Waals surface area contributed by atoms with Crippen LogP contribution in [0.2, 0.25) is 0 Å². The summed E-state index contributed by atoms with van der Waals surface area (Å²) in [4.78, 5) is 16.5. The molecule has 0 bridgehead atoms. The van der Waals surface area contributed by atoms with E-state index in [4.69, 9.17) is 9.97 Å². The summed E-state index contributed by atoms with van der Waals surface area (Å²) in [7, 11) is 0. The molecule has 1 atom stereocenters. The van der Waals surface area contributed by atoms with E-state index in [0.29, 0.717) is 29.3 Å². The fourth-order valence-electron chi connectivity index (χ4n) is 5.48. The SMILES string of the molecule is CCC(c1nc(NCCc2ccccc2C)c2ccc(-c3ncccc3C(F)(F)F)cc2n1)N1CCCCC1. The van der Waals surface area contributed by atoms with Crippen molar-refractivity contribution in [3.8, 4) is 11.3 Å². The van der Waals surface area contributed by atoms with Gasteiger partial charge < -0.3 is 5.32 Å². The highest BCUT2D eigenvalue weighted by Crippen LogP contribution is 2.37. The Kier molecular flexibility index (Phi) is 8.12. The second-order valence-electron chi connectivity index (χ2n) is 10.2. The van der Waals surface area contributed by atoms with Gasteiger partial charge in [0, 0.05) is 23.7 Å². The zero-order valence-electron chi connectivity index (χ0n) is 22.4. The molecule has 2 aromatic heterocycles. The van der Waals surface area contributed by atoms with Gasteiger partial charge in [-0.2, -0.15) is 13.2 Å². The first-order valence-corrected chi connectivity index (χ1v) is 13.7. The number of piperidine rings is 1. The second kappa shape index (κ2) is 11.7. The fraction of sp³-hybridized carbons (Fsp3) is 0.387. The number of nitrogens with zero attached hydrogens (tertiary/aromatic N) is 4. The molecule has 0 radical (unpaired) electrons. The molecule has 8 heteroatoms. The summed E-state index contributed by atoms with van der Waals surface area (Å²) in [6, 6.07) is 15.9. The van der Waals surface area contributed by atoms with Crippen molar-refractivity contribution in [1.82, 2.24) is 19.9 Å².